The van der Waals surface area contributed by atoms with E-state index >= 15 is 0 Å². The number of aromatic nitrogens is 1. The maximum Gasteiger partial charge on any atom is 0.324 e. The second kappa shape index (κ2) is 6.47. The highest BCUT2D eigenvalue weighted by molar-refractivity contribution is 5.76. The predicted octanol–water partition coefficient (Wildman–Crippen LogP) is 0.419. The van der Waals surface area contributed by atoms with Gasteiger partial charge in [-0.1, -0.05) is 6.07 Å². The van der Waals surface area contributed by atoms with Crippen molar-refractivity contribution < 1.29 is 9.53 Å². The van der Waals surface area contributed by atoms with E-state index in [2.05, 4.69) is 15.2 Å². The molecule has 1 aromatic heterocycles. The lowest BCUT2D eigenvalue weighted by Crippen LogP contribution is -2.54. The number of rotatable bonds is 4. The molecule has 98 valence electrons. The summed E-state index contributed by atoms with van der Waals surface area (Å²) in [5.41, 5.74) is 0.980. The quantitative estimate of drug-likeness (QED) is 0.784. The number of piperazine rings is 1. The third-order valence-corrected chi connectivity index (χ3v) is 3.00. The number of ether oxygens (including phenoxy) is 1. The highest BCUT2D eigenvalue weighted by atomic mass is 16.5. The molecule has 1 unspecified atom stereocenters. The van der Waals surface area contributed by atoms with Crippen LogP contribution in [0.15, 0.2) is 24.4 Å². The average molecular weight is 249 g/mol. The van der Waals surface area contributed by atoms with Crippen molar-refractivity contribution in [3.63, 3.8) is 0 Å². The molecule has 0 saturated carbocycles. The Morgan fingerprint density at radius 3 is 3.22 bits per heavy atom. The van der Waals surface area contributed by atoms with Crippen LogP contribution in [0.4, 0.5) is 0 Å². The number of esters is 1. The molecule has 0 radical (unpaired) electrons. The molecule has 5 nitrogen and oxygen atoms in total. The first-order chi connectivity index (χ1) is 8.81. The van der Waals surface area contributed by atoms with Gasteiger partial charge < -0.3 is 10.1 Å². The molecule has 5 heteroatoms. The van der Waals surface area contributed by atoms with Gasteiger partial charge >= 0.3 is 5.97 Å². The Labute approximate surface area is 107 Å². The van der Waals surface area contributed by atoms with Crippen LogP contribution in [-0.4, -0.2) is 48.1 Å². The molecule has 1 saturated heterocycles. The molecule has 1 atom stereocenters. The van der Waals surface area contributed by atoms with Crippen molar-refractivity contribution in [2.24, 2.45) is 0 Å². The first kappa shape index (κ1) is 13.0. The molecule has 1 aliphatic heterocycles. The van der Waals surface area contributed by atoms with Gasteiger partial charge in [0.05, 0.1) is 12.3 Å². The summed E-state index contributed by atoms with van der Waals surface area (Å²) in [6, 6.07) is 5.62. The lowest BCUT2D eigenvalue weighted by molar-refractivity contribution is -0.150. The van der Waals surface area contributed by atoms with E-state index in [1.54, 1.807) is 6.20 Å². The van der Waals surface area contributed by atoms with Crippen LogP contribution in [0.1, 0.15) is 12.6 Å². The molecule has 1 N–H and O–H groups in total. The van der Waals surface area contributed by atoms with Crippen molar-refractivity contribution in [3.8, 4) is 0 Å². The summed E-state index contributed by atoms with van der Waals surface area (Å²) >= 11 is 0. The minimum atomic E-state index is -0.208. The van der Waals surface area contributed by atoms with E-state index in [0.717, 1.165) is 18.8 Å². The van der Waals surface area contributed by atoms with E-state index in [0.29, 0.717) is 19.7 Å². The Hall–Kier alpha value is -1.46. The third-order valence-electron chi connectivity index (χ3n) is 3.00. The van der Waals surface area contributed by atoms with Gasteiger partial charge in [-0.15, -0.1) is 0 Å². The molecule has 1 fully saturated rings. The van der Waals surface area contributed by atoms with Gasteiger partial charge in [0.1, 0.15) is 6.04 Å². The fourth-order valence-corrected chi connectivity index (χ4v) is 2.11. The molecule has 1 aliphatic rings. The summed E-state index contributed by atoms with van der Waals surface area (Å²) in [5.74, 6) is -0.152. The van der Waals surface area contributed by atoms with Crippen LogP contribution in [-0.2, 0) is 16.1 Å². The van der Waals surface area contributed by atoms with E-state index in [4.69, 9.17) is 4.74 Å². The minimum Gasteiger partial charge on any atom is -0.465 e. The van der Waals surface area contributed by atoms with Gasteiger partial charge in [0, 0.05) is 32.4 Å². The van der Waals surface area contributed by atoms with Crippen molar-refractivity contribution in [1.29, 1.82) is 0 Å². The molecule has 2 heterocycles. The normalized spacial score (nSPS) is 20.6. The molecule has 2 rings (SSSR count). The molecule has 1 aromatic rings. The summed E-state index contributed by atoms with van der Waals surface area (Å²) in [6.07, 6.45) is 1.77. The Morgan fingerprint density at radius 2 is 2.50 bits per heavy atom. The van der Waals surface area contributed by atoms with Crippen LogP contribution in [0.2, 0.25) is 0 Å². The van der Waals surface area contributed by atoms with Crippen molar-refractivity contribution in [2.45, 2.75) is 19.5 Å². The summed E-state index contributed by atoms with van der Waals surface area (Å²) < 4.78 is 5.11. The highest BCUT2D eigenvalue weighted by Gasteiger charge is 2.29. The monoisotopic (exact) mass is 249 g/mol. The third kappa shape index (κ3) is 3.27. The first-order valence-electron chi connectivity index (χ1n) is 6.32. The Bertz CT molecular complexity index is 383. The van der Waals surface area contributed by atoms with Crippen molar-refractivity contribution in [3.05, 3.63) is 30.1 Å². The number of hydrogen-bond donors (Lipinski definition) is 1. The van der Waals surface area contributed by atoms with Crippen LogP contribution in [0, 0.1) is 0 Å². The van der Waals surface area contributed by atoms with Gasteiger partial charge in [-0.05, 0) is 19.1 Å². The average Bonchev–Trinajstić information content (AvgIpc) is 2.41. The number of nitrogens with one attached hydrogen (secondary N) is 1. The zero-order chi connectivity index (χ0) is 12.8. The smallest absolute Gasteiger partial charge is 0.324 e. The van der Waals surface area contributed by atoms with Gasteiger partial charge in [-0.2, -0.15) is 0 Å². The lowest BCUT2D eigenvalue weighted by atomic mass is 10.2. The summed E-state index contributed by atoms with van der Waals surface area (Å²) in [4.78, 5) is 18.3. The predicted molar refractivity (Wildman–Crippen MR) is 67.9 cm³/mol. The Kier molecular flexibility index (Phi) is 4.66. The fourth-order valence-electron chi connectivity index (χ4n) is 2.11. The molecule has 0 aromatic carbocycles. The van der Waals surface area contributed by atoms with E-state index in [1.807, 2.05) is 25.1 Å². The van der Waals surface area contributed by atoms with E-state index in [-0.39, 0.29) is 12.0 Å². The van der Waals surface area contributed by atoms with Crippen LogP contribution < -0.4 is 5.32 Å². The van der Waals surface area contributed by atoms with E-state index in [1.165, 1.54) is 0 Å². The highest BCUT2D eigenvalue weighted by Crippen LogP contribution is 2.10. The minimum absolute atomic E-state index is 0.152. The molecule has 0 amide bonds. The molecular weight excluding hydrogens is 230 g/mol. The van der Waals surface area contributed by atoms with Crippen molar-refractivity contribution in [1.82, 2.24) is 15.2 Å². The lowest BCUT2D eigenvalue weighted by Gasteiger charge is -2.34. The van der Waals surface area contributed by atoms with Crippen LogP contribution in [0.5, 0.6) is 0 Å². The fraction of sp³-hybridized carbons (Fsp3) is 0.538. The zero-order valence-electron chi connectivity index (χ0n) is 10.6. The first-order valence-corrected chi connectivity index (χ1v) is 6.32. The maximum atomic E-state index is 11.9. The van der Waals surface area contributed by atoms with Crippen molar-refractivity contribution in [2.75, 3.05) is 26.2 Å². The summed E-state index contributed by atoms with van der Waals surface area (Å²) in [7, 11) is 0. The number of hydrogen-bond acceptors (Lipinski definition) is 5. The van der Waals surface area contributed by atoms with Gasteiger partial charge in [0.2, 0.25) is 0 Å². The number of carbonyl (C=O) groups excluding carboxylic acids is 1. The van der Waals surface area contributed by atoms with E-state index < -0.39 is 0 Å². The molecule has 0 spiro atoms. The molecule has 0 bridgehead atoms. The number of nitrogens with zero attached hydrogens (tertiary/aromatic N) is 2. The second-order valence-corrected chi connectivity index (χ2v) is 4.26. The molecular formula is C13H19N3O2. The van der Waals surface area contributed by atoms with Gasteiger partial charge in [0.15, 0.2) is 0 Å². The topological polar surface area (TPSA) is 54.5 Å². The van der Waals surface area contributed by atoms with Crippen LogP contribution in [0.25, 0.3) is 0 Å². The van der Waals surface area contributed by atoms with Gasteiger partial charge in [0.25, 0.3) is 0 Å². The van der Waals surface area contributed by atoms with Gasteiger partial charge in [-0.3, -0.25) is 14.7 Å². The SMILES string of the molecule is CCOC(=O)C1CNCCN1Cc1ccccn1. The van der Waals surface area contributed by atoms with E-state index in [9.17, 15) is 4.79 Å². The standard InChI is InChI=1S/C13H19N3O2/c1-2-18-13(17)12-9-14-7-8-16(12)10-11-5-3-4-6-15-11/h3-6,12,14H,2,7-10H2,1H3. The molecule has 0 aliphatic carbocycles. The number of carbonyl (C=O) groups is 1. The number of pyridine rings is 1. The van der Waals surface area contributed by atoms with Crippen LogP contribution in [0.3, 0.4) is 0 Å². The van der Waals surface area contributed by atoms with Crippen molar-refractivity contribution >= 4 is 5.97 Å². The summed E-state index contributed by atoms with van der Waals surface area (Å²) in [6.45, 7) is 5.31. The van der Waals surface area contributed by atoms with Crippen LogP contribution >= 0.6 is 0 Å². The second-order valence-electron chi connectivity index (χ2n) is 4.26. The largest absolute Gasteiger partial charge is 0.465 e. The Balaban J connectivity index is 2.01. The summed E-state index contributed by atoms with van der Waals surface area (Å²) in [5, 5.41) is 3.23. The zero-order valence-corrected chi connectivity index (χ0v) is 10.6. The van der Waals surface area contributed by atoms with Gasteiger partial charge in [-0.25, -0.2) is 0 Å². The maximum absolute atomic E-state index is 11.9. The Morgan fingerprint density at radius 1 is 1.61 bits per heavy atom. The molecule has 18 heavy (non-hydrogen) atoms.